The molecule has 15 heteroatoms. The minimum atomic E-state index is -3.91. The molecule has 4 amide bonds. The van der Waals surface area contributed by atoms with Crippen molar-refractivity contribution in [3.05, 3.63) is 47.8 Å². The van der Waals surface area contributed by atoms with Gasteiger partial charge in [0.1, 0.15) is 35.1 Å². The zero-order chi connectivity index (χ0) is 34.9. The van der Waals surface area contributed by atoms with Gasteiger partial charge in [0.25, 0.3) is 5.91 Å². The Morgan fingerprint density at radius 2 is 1.75 bits per heavy atom. The SMILES string of the molecule is CC(C)(C)OC(=O)NC1CCCCC/C=C\C2CC2(C(=O)NS(=O)(=O)C2CC2)NC(=O)C2CC(OC(=O)c3ccc(F)cc3)CN2C1=O. The molecule has 2 heterocycles. The van der Waals surface area contributed by atoms with E-state index in [1.54, 1.807) is 26.8 Å². The summed E-state index contributed by atoms with van der Waals surface area (Å²) in [5.74, 6) is -3.98. The van der Waals surface area contributed by atoms with E-state index >= 15 is 0 Å². The molecule has 0 aromatic heterocycles. The molecule has 2 aliphatic heterocycles. The van der Waals surface area contributed by atoms with Crippen molar-refractivity contribution in [3.8, 4) is 0 Å². The van der Waals surface area contributed by atoms with E-state index in [0.29, 0.717) is 25.7 Å². The number of carbonyl (C=O) groups excluding carboxylic acids is 5. The summed E-state index contributed by atoms with van der Waals surface area (Å²) in [5.41, 5.74) is -2.32. The highest BCUT2D eigenvalue weighted by Gasteiger charge is 2.62. The molecule has 0 spiro atoms. The molecular weight excluding hydrogens is 647 g/mol. The average molecular weight is 691 g/mol. The predicted molar refractivity (Wildman–Crippen MR) is 170 cm³/mol. The van der Waals surface area contributed by atoms with Gasteiger partial charge in [-0.3, -0.25) is 19.1 Å². The van der Waals surface area contributed by atoms with Crippen LogP contribution in [-0.2, 0) is 33.9 Å². The third-order valence-electron chi connectivity index (χ3n) is 8.89. The highest BCUT2D eigenvalue weighted by Crippen LogP contribution is 2.46. The summed E-state index contributed by atoms with van der Waals surface area (Å²) in [6.07, 6.45) is 5.81. The second kappa shape index (κ2) is 13.8. The number of hydrogen-bond acceptors (Lipinski definition) is 9. The Labute approximate surface area is 279 Å². The summed E-state index contributed by atoms with van der Waals surface area (Å²) in [6, 6.07) is 2.41. The minimum absolute atomic E-state index is 0.0706. The number of nitrogens with zero attached hydrogens (tertiary/aromatic N) is 1. The van der Waals surface area contributed by atoms with Crippen molar-refractivity contribution in [3.63, 3.8) is 0 Å². The Balaban J connectivity index is 1.42. The van der Waals surface area contributed by atoms with Crippen molar-refractivity contribution in [1.82, 2.24) is 20.3 Å². The van der Waals surface area contributed by atoms with Crippen molar-refractivity contribution >= 4 is 39.8 Å². The maximum absolute atomic E-state index is 14.1. The van der Waals surface area contributed by atoms with Gasteiger partial charge in [-0.15, -0.1) is 0 Å². The zero-order valence-corrected chi connectivity index (χ0v) is 28.1. The number of amides is 4. The van der Waals surface area contributed by atoms with Crippen LogP contribution in [-0.4, -0.2) is 84.2 Å². The summed E-state index contributed by atoms with van der Waals surface area (Å²) >= 11 is 0. The first-order valence-corrected chi connectivity index (χ1v) is 17.9. The fourth-order valence-corrected chi connectivity index (χ4v) is 7.47. The number of fused-ring (bicyclic) bond motifs is 2. The summed E-state index contributed by atoms with van der Waals surface area (Å²) in [6.45, 7) is 4.86. The molecule has 1 saturated heterocycles. The number of rotatable bonds is 6. The van der Waals surface area contributed by atoms with E-state index in [0.717, 1.165) is 25.0 Å². The van der Waals surface area contributed by atoms with Crippen molar-refractivity contribution in [2.24, 2.45) is 5.92 Å². The summed E-state index contributed by atoms with van der Waals surface area (Å²) in [5, 5.41) is 4.74. The molecule has 5 unspecified atom stereocenters. The van der Waals surface area contributed by atoms with Crippen LogP contribution in [0.3, 0.4) is 0 Å². The van der Waals surface area contributed by atoms with Crippen molar-refractivity contribution in [2.45, 2.75) is 113 Å². The van der Waals surface area contributed by atoms with Crippen LogP contribution in [0.1, 0.15) is 88.9 Å². The van der Waals surface area contributed by atoms with E-state index in [9.17, 15) is 36.8 Å². The lowest BCUT2D eigenvalue weighted by atomic mass is 10.0. The molecule has 3 N–H and O–H groups in total. The highest BCUT2D eigenvalue weighted by atomic mass is 32.2. The van der Waals surface area contributed by atoms with Gasteiger partial charge in [-0.1, -0.05) is 25.0 Å². The lowest BCUT2D eigenvalue weighted by Crippen LogP contribution is -2.58. The zero-order valence-electron chi connectivity index (χ0n) is 27.3. The number of sulfonamides is 1. The number of carbonyl (C=O) groups is 5. The quantitative estimate of drug-likeness (QED) is 0.299. The van der Waals surface area contributed by atoms with Gasteiger partial charge in [-0.2, -0.15) is 0 Å². The monoisotopic (exact) mass is 690 g/mol. The summed E-state index contributed by atoms with van der Waals surface area (Å²) < 4.78 is 52.0. The van der Waals surface area contributed by atoms with Crippen LogP contribution in [0.5, 0.6) is 0 Å². The Morgan fingerprint density at radius 1 is 1.04 bits per heavy atom. The number of hydrogen-bond donors (Lipinski definition) is 3. The Bertz CT molecular complexity index is 1570. The van der Waals surface area contributed by atoms with Gasteiger partial charge < -0.3 is 25.0 Å². The van der Waals surface area contributed by atoms with E-state index in [4.69, 9.17) is 9.47 Å². The normalized spacial score (nSPS) is 28.8. The van der Waals surface area contributed by atoms with Crippen LogP contribution in [0, 0.1) is 11.7 Å². The van der Waals surface area contributed by atoms with Crippen molar-refractivity contribution in [1.29, 1.82) is 0 Å². The van der Waals surface area contributed by atoms with Gasteiger partial charge in [-0.05, 0) is 83.6 Å². The molecule has 5 atom stereocenters. The summed E-state index contributed by atoms with van der Waals surface area (Å²) in [7, 11) is -3.91. The molecule has 5 rings (SSSR count). The number of halogens is 1. The third kappa shape index (κ3) is 8.52. The van der Waals surface area contributed by atoms with Crippen LogP contribution in [0.15, 0.2) is 36.4 Å². The lowest BCUT2D eigenvalue weighted by molar-refractivity contribution is -0.141. The van der Waals surface area contributed by atoms with E-state index in [2.05, 4.69) is 15.4 Å². The number of alkyl carbamates (subject to hydrolysis) is 1. The van der Waals surface area contributed by atoms with Gasteiger partial charge in [0.15, 0.2) is 0 Å². The Hall–Kier alpha value is -4.01. The van der Waals surface area contributed by atoms with E-state index in [1.807, 2.05) is 6.08 Å². The molecule has 4 aliphatic rings. The molecular formula is C33H43FN4O9S. The second-order valence-electron chi connectivity index (χ2n) is 14.0. The van der Waals surface area contributed by atoms with Crippen LogP contribution in [0.2, 0.25) is 0 Å². The number of nitrogens with one attached hydrogen (secondary N) is 3. The first-order chi connectivity index (χ1) is 22.6. The first kappa shape index (κ1) is 35.3. The average Bonchev–Trinajstić information content (AvgIpc) is 3.92. The van der Waals surface area contributed by atoms with E-state index < -0.39 is 86.1 Å². The fourth-order valence-electron chi connectivity index (χ4n) is 6.10. The van der Waals surface area contributed by atoms with Gasteiger partial charge >= 0.3 is 12.1 Å². The molecule has 3 fully saturated rings. The predicted octanol–water partition coefficient (Wildman–Crippen LogP) is 2.85. The molecule has 0 radical (unpaired) electrons. The Kier molecular flexibility index (Phi) is 10.2. The molecule has 2 aliphatic carbocycles. The van der Waals surface area contributed by atoms with Crippen LogP contribution in [0.25, 0.3) is 0 Å². The van der Waals surface area contributed by atoms with Gasteiger partial charge in [-0.25, -0.2) is 22.4 Å². The molecule has 262 valence electrons. The Morgan fingerprint density at radius 3 is 2.42 bits per heavy atom. The molecule has 1 aromatic carbocycles. The number of esters is 1. The minimum Gasteiger partial charge on any atom is -0.457 e. The standard InChI is InChI=1S/C33H43FN4O9S/c1-32(2,3)47-31(43)35-25-10-8-6-4-5-7-9-21-18-33(21,30(42)37-48(44,45)24-15-16-24)36-27(39)26-17-23(19-38(26)28(25)40)46-29(41)20-11-13-22(34)14-12-20/h7,9,11-14,21,23-26H,4-6,8,10,15-19H2,1-3H3,(H,35,43)(H,36,39)(H,37,42)/b9-7-. The molecule has 48 heavy (non-hydrogen) atoms. The van der Waals surface area contributed by atoms with Crippen LogP contribution in [0.4, 0.5) is 9.18 Å². The largest absolute Gasteiger partial charge is 0.457 e. The topological polar surface area (TPSA) is 177 Å². The van der Waals surface area contributed by atoms with E-state index in [1.165, 1.54) is 17.0 Å². The van der Waals surface area contributed by atoms with Gasteiger partial charge in [0.05, 0.1) is 17.4 Å². The molecule has 13 nitrogen and oxygen atoms in total. The smallest absolute Gasteiger partial charge is 0.408 e. The molecule has 0 bridgehead atoms. The highest BCUT2D eigenvalue weighted by molar-refractivity contribution is 7.91. The van der Waals surface area contributed by atoms with Crippen LogP contribution < -0.4 is 15.4 Å². The summed E-state index contributed by atoms with van der Waals surface area (Å²) in [4.78, 5) is 68.6. The molecule has 2 saturated carbocycles. The number of benzene rings is 1. The lowest BCUT2D eigenvalue weighted by Gasteiger charge is -2.30. The maximum atomic E-state index is 14.1. The van der Waals surface area contributed by atoms with Gasteiger partial charge in [0, 0.05) is 12.3 Å². The first-order valence-electron chi connectivity index (χ1n) is 16.4. The van der Waals surface area contributed by atoms with Gasteiger partial charge in [0.2, 0.25) is 21.8 Å². The van der Waals surface area contributed by atoms with Crippen LogP contribution >= 0.6 is 0 Å². The maximum Gasteiger partial charge on any atom is 0.408 e. The van der Waals surface area contributed by atoms with Crippen molar-refractivity contribution < 1.29 is 46.3 Å². The van der Waals surface area contributed by atoms with Crippen molar-refractivity contribution in [2.75, 3.05) is 6.54 Å². The fraction of sp³-hybridized carbons (Fsp3) is 0.606. The second-order valence-corrected chi connectivity index (χ2v) is 15.9. The molecule has 1 aromatic rings. The third-order valence-corrected chi connectivity index (χ3v) is 10.7. The number of ether oxygens (including phenoxy) is 2. The number of allylic oxidation sites excluding steroid dienone is 1. The van der Waals surface area contributed by atoms with E-state index in [-0.39, 0.29) is 31.4 Å².